The van der Waals surface area contributed by atoms with Gasteiger partial charge in [-0.2, -0.15) is 0 Å². The maximum absolute atomic E-state index is 9.15. The largest absolute Gasteiger partial charge is 0.389 e. The smallest absolute Gasteiger partial charge is 0.0695 e. The first-order chi connectivity index (χ1) is 5.24. The minimum Gasteiger partial charge on any atom is -0.389 e. The lowest BCUT2D eigenvalue weighted by Gasteiger charge is -2.09. The van der Waals surface area contributed by atoms with Crippen LogP contribution in [-0.4, -0.2) is 11.2 Å². The highest BCUT2D eigenvalue weighted by atomic mass is 16.3. The van der Waals surface area contributed by atoms with E-state index in [1.807, 2.05) is 13.0 Å². The molecule has 0 bridgehead atoms. The summed E-state index contributed by atoms with van der Waals surface area (Å²) in [5.41, 5.74) is 1.49. The topological polar surface area (TPSA) is 20.2 Å². The molecule has 0 aromatic heterocycles. The van der Waals surface area contributed by atoms with Crippen molar-refractivity contribution in [1.82, 2.24) is 0 Å². The monoisotopic (exact) mass is 154 g/mol. The van der Waals surface area contributed by atoms with Gasteiger partial charge in [-0.05, 0) is 38.5 Å². The Labute approximate surface area is 69.1 Å². The second-order valence-corrected chi connectivity index (χ2v) is 3.48. The molecular formula is C10H18O. The average molecular weight is 154 g/mol. The van der Waals surface area contributed by atoms with Crippen LogP contribution in [0, 0.1) is 5.92 Å². The van der Waals surface area contributed by atoms with Crippen molar-refractivity contribution < 1.29 is 5.11 Å². The van der Waals surface area contributed by atoms with E-state index >= 15 is 0 Å². The van der Waals surface area contributed by atoms with Gasteiger partial charge in [0, 0.05) is 0 Å². The first kappa shape index (κ1) is 8.79. The fourth-order valence-corrected chi connectivity index (χ4v) is 1.94. The van der Waals surface area contributed by atoms with Gasteiger partial charge >= 0.3 is 0 Å². The maximum atomic E-state index is 9.15. The number of aliphatic hydroxyl groups excluding tert-OH is 1. The van der Waals surface area contributed by atoms with Gasteiger partial charge in [0.25, 0.3) is 0 Å². The molecule has 1 N–H and O–H groups in total. The Bertz CT molecular complexity index is 147. The summed E-state index contributed by atoms with van der Waals surface area (Å²) < 4.78 is 0. The zero-order valence-electron chi connectivity index (χ0n) is 7.51. The zero-order valence-corrected chi connectivity index (χ0v) is 7.51. The quantitative estimate of drug-likeness (QED) is 0.606. The number of allylic oxidation sites excluding steroid dienone is 1. The second kappa shape index (κ2) is 3.91. The summed E-state index contributed by atoms with van der Waals surface area (Å²) in [4.78, 5) is 0. The van der Waals surface area contributed by atoms with Crippen LogP contribution in [-0.2, 0) is 0 Å². The Hall–Kier alpha value is -0.300. The molecule has 64 valence electrons. The van der Waals surface area contributed by atoms with Crippen LogP contribution in [0.3, 0.4) is 0 Å². The van der Waals surface area contributed by atoms with Crippen molar-refractivity contribution in [2.75, 3.05) is 0 Å². The molecule has 0 aromatic carbocycles. The first-order valence-electron chi connectivity index (χ1n) is 4.62. The molecule has 0 amide bonds. The van der Waals surface area contributed by atoms with Crippen molar-refractivity contribution in [3.63, 3.8) is 0 Å². The van der Waals surface area contributed by atoms with Gasteiger partial charge in [0.2, 0.25) is 0 Å². The molecule has 2 unspecified atom stereocenters. The van der Waals surface area contributed by atoms with E-state index in [1.165, 1.54) is 31.3 Å². The molecule has 1 nitrogen and oxygen atoms in total. The molecule has 1 saturated carbocycles. The van der Waals surface area contributed by atoms with Crippen molar-refractivity contribution >= 4 is 0 Å². The summed E-state index contributed by atoms with van der Waals surface area (Å²) in [5, 5.41) is 9.15. The highest BCUT2D eigenvalue weighted by molar-refractivity contribution is 5.12. The third kappa shape index (κ3) is 2.33. The van der Waals surface area contributed by atoms with Gasteiger partial charge in [-0.15, -0.1) is 0 Å². The average Bonchev–Trinajstić information content (AvgIpc) is 2.34. The minimum absolute atomic E-state index is 0.253. The third-order valence-electron chi connectivity index (χ3n) is 2.49. The van der Waals surface area contributed by atoms with Crippen molar-refractivity contribution in [3.05, 3.63) is 11.6 Å². The second-order valence-electron chi connectivity index (χ2n) is 3.48. The lowest BCUT2D eigenvalue weighted by molar-refractivity contribution is 0.242. The van der Waals surface area contributed by atoms with Gasteiger partial charge in [-0.3, -0.25) is 0 Å². The van der Waals surface area contributed by atoms with Crippen molar-refractivity contribution in [3.8, 4) is 0 Å². The Morgan fingerprint density at radius 3 is 3.00 bits per heavy atom. The van der Waals surface area contributed by atoms with Crippen LogP contribution in [0.25, 0.3) is 0 Å². The van der Waals surface area contributed by atoms with Crippen LogP contribution < -0.4 is 0 Å². The van der Waals surface area contributed by atoms with Crippen LogP contribution in [0.4, 0.5) is 0 Å². The van der Waals surface area contributed by atoms with Gasteiger partial charge in [0.15, 0.2) is 0 Å². The summed E-state index contributed by atoms with van der Waals surface area (Å²) in [6.45, 7) is 4.06. The van der Waals surface area contributed by atoms with Crippen molar-refractivity contribution in [2.45, 2.75) is 45.6 Å². The molecule has 1 aliphatic carbocycles. The lowest BCUT2D eigenvalue weighted by atomic mass is 9.99. The van der Waals surface area contributed by atoms with Gasteiger partial charge in [-0.1, -0.05) is 18.6 Å². The fraction of sp³-hybridized carbons (Fsp3) is 0.800. The predicted octanol–water partition coefficient (Wildman–Crippen LogP) is 2.50. The van der Waals surface area contributed by atoms with E-state index in [1.54, 1.807) is 0 Å². The number of hydrogen-bond donors (Lipinski definition) is 1. The van der Waals surface area contributed by atoms with Gasteiger partial charge in [-0.25, -0.2) is 0 Å². The van der Waals surface area contributed by atoms with Crippen molar-refractivity contribution in [2.24, 2.45) is 5.92 Å². The van der Waals surface area contributed by atoms with E-state index in [0.29, 0.717) is 0 Å². The maximum Gasteiger partial charge on any atom is 0.0695 e. The molecule has 1 heteroatoms. The van der Waals surface area contributed by atoms with E-state index in [4.69, 9.17) is 5.11 Å². The van der Waals surface area contributed by atoms with Crippen LogP contribution in [0.5, 0.6) is 0 Å². The van der Waals surface area contributed by atoms with Crippen LogP contribution in [0.1, 0.15) is 39.5 Å². The summed E-state index contributed by atoms with van der Waals surface area (Å²) in [6.07, 6.45) is 6.87. The van der Waals surface area contributed by atoms with Gasteiger partial charge in [0.1, 0.15) is 0 Å². The van der Waals surface area contributed by atoms with Gasteiger partial charge < -0.3 is 5.11 Å². The number of aliphatic hydroxyl groups is 1. The van der Waals surface area contributed by atoms with E-state index < -0.39 is 0 Å². The van der Waals surface area contributed by atoms with E-state index in [0.717, 1.165) is 5.92 Å². The molecule has 1 aliphatic rings. The Morgan fingerprint density at radius 2 is 2.45 bits per heavy atom. The van der Waals surface area contributed by atoms with Crippen LogP contribution in [0.15, 0.2) is 11.6 Å². The van der Waals surface area contributed by atoms with E-state index in [9.17, 15) is 0 Å². The minimum atomic E-state index is -0.253. The molecule has 0 saturated heterocycles. The molecule has 1 fully saturated rings. The summed E-state index contributed by atoms with van der Waals surface area (Å²) in [6, 6.07) is 0. The predicted molar refractivity (Wildman–Crippen MR) is 47.4 cm³/mol. The Kier molecular flexibility index (Phi) is 3.13. The third-order valence-corrected chi connectivity index (χ3v) is 2.49. The van der Waals surface area contributed by atoms with Crippen LogP contribution >= 0.6 is 0 Å². The molecule has 0 aliphatic heterocycles. The van der Waals surface area contributed by atoms with Crippen molar-refractivity contribution in [1.29, 1.82) is 0 Å². The summed E-state index contributed by atoms with van der Waals surface area (Å²) >= 11 is 0. The first-order valence-corrected chi connectivity index (χ1v) is 4.62. The SMILES string of the molecule is CCC1CCCC1=CC(C)O. The molecule has 0 heterocycles. The normalized spacial score (nSPS) is 31.2. The Balaban J connectivity index is 2.55. The molecule has 1 rings (SSSR count). The fourth-order valence-electron chi connectivity index (χ4n) is 1.94. The lowest BCUT2D eigenvalue weighted by Crippen LogP contribution is -2.00. The van der Waals surface area contributed by atoms with Crippen LogP contribution in [0.2, 0.25) is 0 Å². The highest BCUT2D eigenvalue weighted by Gasteiger charge is 2.18. The number of rotatable bonds is 2. The molecule has 0 aromatic rings. The summed E-state index contributed by atoms with van der Waals surface area (Å²) in [5.74, 6) is 0.768. The standard InChI is InChI=1S/C10H18O/c1-3-9-5-4-6-10(9)7-8(2)11/h7-9,11H,3-6H2,1-2H3. The van der Waals surface area contributed by atoms with Gasteiger partial charge in [0.05, 0.1) is 6.10 Å². The number of hydrogen-bond acceptors (Lipinski definition) is 1. The molecule has 0 spiro atoms. The Morgan fingerprint density at radius 1 is 1.73 bits per heavy atom. The molecule has 0 radical (unpaired) electrons. The molecular weight excluding hydrogens is 136 g/mol. The summed E-state index contributed by atoms with van der Waals surface area (Å²) in [7, 11) is 0. The zero-order chi connectivity index (χ0) is 8.27. The molecule has 11 heavy (non-hydrogen) atoms. The highest BCUT2D eigenvalue weighted by Crippen LogP contribution is 2.33. The van der Waals surface area contributed by atoms with E-state index in [2.05, 4.69) is 6.92 Å². The van der Waals surface area contributed by atoms with E-state index in [-0.39, 0.29) is 6.10 Å². The molecule has 2 atom stereocenters.